The first kappa shape index (κ1) is 35.3. The minimum Gasteiger partial charge on any atom is -0.456 e. The van der Waals surface area contributed by atoms with Crippen molar-refractivity contribution >= 4 is 23.7 Å². The van der Waals surface area contributed by atoms with E-state index >= 15 is 0 Å². The van der Waals surface area contributed by atoms with Crippen LogP contribution in [0.2, 0.25) is 0 Å². The fourth-order valence-corrected chi connectivity index (χ4v) is 6.37. The largest absolute Gasteiger partial charge is 0.456 e. The zero-order chi connectivity index (χ0) is 32.6. The molecule has 2 fully saturated rings. The van der Waals surface area contributed by atoms with Crippen LogP contribution in [0.15, 0.2) is 42.0 Å². The van der Waals surface area contributed by atoms with Crippen molar-refractivity contribution in [3.63, 3.8) is 0 Å². The Morgan fingerprint density at radius 1 is 0.977 bits per heavy atom. The van der Waals surface area contributed by atoms with Crippen LogP contribution in [0.3, 0.4) is 0 Å². The number of piperidine rings is 1. The van der Waals surface area contributed by atoms with Gasteiger partial charge in [0.1, 0.15) is 18.2 Å². The van der Waals surface area contributed by atoms with Crippen LogP contribution in [-0.2, 0) is 23.9 Å². The molecule has 0 saturated carbocycles. The van der Waals surface area contributed by atoms with E-state index in [0.717, 1.165) is 37.8 Å². The van der Waals surface area contributed by atoms with Gasteiger partial charge in [0.2, 0.25) is 17.7 Å². The maximum atomic E-state index is 13.8. The van der Waals surface area contributed by atoms with Gasteiger partial charge in [-0.25, -0.2) is 4.79 Å². The summed E-state index contributed by atoms with van der Waals surface area (Å²) >= 11 is 0. The highest BCUT2D eigenvalue weighted by molar-refractivity contribution is 5.96. The first-order valence-electron chi connectivity index (χ1n) is 16.4. The van der Waals surface area contributed by atoms with Crippen molar-refractivity contribution in [3.8, 4) is 0 Å². The van der Waals surface area contributed by atoms with Crippen LogP contribution in [0, 0.1) is 11.8 Å². The third-order valence-electron chi connectivity index (χ3n) is 9.13. The number of likely N-dealkylation sites (N-methyl/N-ethyl adjacent to an activating group) is 2. The van der Waals surface area contributed by atoms with Crippen LogP contribution in [-0.4, -0.2) is 89.7 Å². The number of ether oxygens (including phenoxy) is 1. The van der Waals surface area contributed by atoms with Crippen molar-refractivity contribution in [3.05, 3.63) is 47.5 Å². The van der Waals surface area contributed by atoms with Crippen molar-refractivity contribution in [2.45, 2.75) is 110 Å². The number of hydrogen-bond donors (Lipinski definition) is 1. The van der Waals surface area contributed by atoms with Crippen molar-refractivity contribution < 1.29 is 23.9 Å². The van der Waals surface area contributed by atoms with Gasteiger partial charge in [0.15, 0.2) is 0 Å². The number of esters is 1. The summed E-state index contributed by atoms with van der Waals surface area (Å²) in [5.74, 6) is -1.00. The Morgan fingerprint density at radius 2 is 1.64 bits per heavy atom. The molecule has 2 aliphatic rings. The fourth-order valence-electron chi connectivity index (χ4n) is 6.37. The molecule has 0 bridgehead atoms. The minimum absolute atomic E-state index is 0.00946. The second-order valence-electron chi connectivity index (χ2n) is 13.2. The van der Waals surface area contributed by atoms with Crippen molar-refractivity contribution in [1.82, 2.24) is 20.0 Å². The van der Waals surface area contributed by atoms with Crippen LogP contribution >= 0.6 is 0 Å². The normalized spacial score (nSPS) is 21.6. The number of likely N-dealkylation sites (tertiary alicyclic amines) is 2. The lowest BCUT2D eigenvalue weighted by molar-refractivity contribution is -0.157. The van der Waals surface area contributed by atoms with E-state index in [2.05, 4.69) is 10.2 Å². The topological polar surface area (TPSA) is 99.3 Å². The second kappa shape index (κ2) is 16.2. The summed E-state index contributed by atoms with van der Waals surface area (Å²) in [6.07, 6.45) is 6.24. The smallest absolute Gasteiger partial charge is 0.329 e. The molecular formula is C35H54N4O5. The molecular weight excluding hydrogens is 556 g/mol. The van der Waals surface area contributed by atoms with Gasteiger partial charge in [0.05, 0.1) is 12.1 Å². The summed E-state index contributed by atoms with van der Waals surface area (Å²) in [6.45, 7) is 12.9. The first-order chi connectivity index (χ1) is 20.9. The standard InChI is InChI=1S/C35H54N4O5/c1-9-30(26-16-11-10-12-17-26)44-35(43)28-19-15-21-39(28)33(41)25(6)22-29(23(2)3)38(8)34(42)31(24(4)5)36-32(40)27-18-13-14-20-37(27)7/h10-12,16-17,22-24,27-31H,9,13-15,18-21H2,1-8H3,(H,36,40)/b25-22+/t27?,28-,29+,30-,31-/m0/s1. The average Bonchev–Trinajstić information content (AvgIpc) is 3.50. The molecule has 2 heterocycles. The van der Waals surface area contributed by atoms with E-state index in [9.17, 15) is 19.2 Å². The number of benzene rings is 1. The van der Waals surface area contributed by atoms with Gasteiger partial charge in [-0.2, -0.15) is 0 Å². The van der Waals surface area contributed by atoms with Crippen LogP contribution in [0.4, 0.5) is 0 Å². The van der Waals surface area contributed by atoms with E-state index in [4.69, 9.17) is 4.74 Å². The molecule has 1 aromatic carbocycles. The maximum absolute atomic E-state index is 13.8. The van der Waals surface area contributed by atoms with E-state index in [-0.39, 0.29) is 53.7 Å². The predicted octanol–water partition coefficient (Wildman–Crippen LogP) is 4.73. The van der Waals surface area contributed by atoms with Gasteiger partial charge in [-0.3, -0.25) is 19.3 Å². The molecule has 2 saturated heterocycles. The Morgan fingerprint density at radius 3 is 2.23 bits per heavy atom. The molecule has 1 unspecified atom stereocenters. The Labute approximate surface area is 264 Å². The van der Waals surface area contributed by atoms with Gasteiger partial charge in [0.25, 0.3) is 0 Å². The van der Waals surface area contributed by atoms with Crippen molar-refractivity contribution in [2.75, 3.05) is 27.2 Å². The number of hydrogen-bond acceptors (Lipinski definition) is 6. The molecule has 0 aromatic heterocycles. The lowest BCUT2D eigenvalue weighted by Gasteiger charge is -2.36. The van der Waals surface area contributed by atoms with Crippen LogP contribution in [0.25, 0.3) is 0 Å². The lowest BCUT2D eigenvalue weighted by atomic mass is 9.96. The number of carbonyl (C=O) groups excluding carboxylic acids is 4. The Hall–Kier alpha value is -3.20. The molecule has 3 rings (SSSR count). The van der Waals surface area contributed by atoms with E-state index in [1.54, 1.807) is 23.8 Å². The summed E-state index contributed by atoms with van der Waals surface area (Å²) in [4.78, 5) is 59.4. The fraction of sp³-hybridized carbons (Fsp3) is 0.657. The van der Waals surface area contributed by atoms with Gasteiger partial charge in [-0.1, -0.05) is 77.4 Å². The summed E-state index contributed by atoms with van der Waals surface area (Å²) in [7, 11) is 3.69. The number of amides is 3. The predicted molar refractivity (Wildman–Crippen MR) is 172 cm³/mol. The number of nitrogens with one attached hydrogen (secondary N) is 1. The quantitative estimate of drug-likeness (QED) is 0.272. The highest BCUT2D eigenvalue weighted by Gasteiger charge is 2.38. The van der Waals surface area contributed by atoms with E-state index in [1.165, 1.54) is 0 Å². The monoisotopic (exact) mass is 610 g/mol. The number of nitrogens with zero attached hydrogens (tertiary/aromatic N) is 3. The Bertz CT molecular complexity index is 1170. The average molecular weight is 611 g/mol. The SMILES string of the molecule is CC[C@H](OC(=O)[C@@H]1CCCN1C(=O)/C(C)=C/[C@H](C(C)C)N(C)C(=O)[C@@H](NC(=O)C1CCCCN1C)C(C)C)c1ccccc1. The lowest BCUT2D eigenvalue weighted by Crippen LogP contribution is -2.57. The van der Waals surface area contributed by atoms with Gasteiger partial charge in [0, 0.05) is 19.2 Å². The summed E-state index contributed by atoms with van der Waals surface area (Å²) in [5, 5.41) is 3.04. The summed E-state index contributed by atoms with van der Waals surface area (Å²) in [5.41, 5.74) is 1.41. The summed E-state index contributed by atoms with van der Waals surface area (Å²) < 4.78 is 5.91. The number of carbonyl (C=O) groups is 4. The van der Waals surface area contributed by atoms with Crippen molar-refractivity contribution in [1.29, 1.82) is 0 Å². The van der Waals surface area contributed by atoms with E-state index in [0.29, 0.717) is 25.0 Å². The molecule has 0 radical (unpaired) electrons. The molecule has 9 heteroatoms. The van der Waals surface area contributed by atoms with Crippen molar-refractivity contribution in [2.24, 2.45) is 11.8 Å². The third kappa shape index (κ3) is 8.71. The molecule has 2 aliphatic heterocycles. The molecule has 9 nitrogen and oxygen atoms in total. The molecule has 0 aliphatic carbocycles. The maximum Gasteiger partial charge on any atom is 0.329 e. The molecule has 0 spiro atoms. The molecule has 44 heavy (non-hydrogen) atoms. The van der Waals surface area contributed by atoms with Crippen LogP contribution in [0.1, 0.15) is 91.7 Å². The van der Waals surface area contributed by atoms with E-state index < -0.39 is 12.1 Å². The minimum atomic E-state index is -0.678. The Kier molecular flexibility index (Phi) is 13.0. The molecule has 1 N–H and O–H groups in total. The number of rotatable bonds is 12. The molecule has 1 aromatic rings. The highest BCUT2D eigenvalue weighted by atomic mass is 16.5. The highest BCUT2D eigenvalue weighted by Crippen LogP contribution is 2.27. The zero-order valence-corrected chi connectivity index (χ0v) is 28.0. The first-order valence-corrected chi connectivity index (χ1v) is 16.4. The van der Waals surface area contributed by atoms with Gasteiger partial charge in [-0.05, 0) is 70.0 Å². The molecule has 5 atom stereocenters. The van der Waals surface area contributed by atoms with E-state index in [1.807, 2.05) is 78.1 Å². The van der Waals surface area contributed by atoms with Gasteiger partial charge >= 0.3 is 5.97 Å². The van der Waals surface area contributed by atoms with Gasteiger partial charge < -0.3 is 19.9 Å². The van der Waals surface area contributed by atoms with Gasteiger partial charge in [-0.15, -0.1) is 0 Å². The third-order valence-corrected chi connectivity index (χ3v) is 9.13. The molecule has 3 amide bonds. The zero-order valence-electron chi connectivity index (χ0n) is 28.0. The second-order valence-corrected chi connectivity index (χ2v) is 13.2. The molecule has 244 valence electrons. The van der Waals surface area contributed by atoms with Crippen LogP contribution < -0.4 is 5.32 Å². The summed E-state index contributed by atoms with van der Waals surface area (Å²) in [6, 6.07) is 7.73. The Balaban J connectivity index is 1.73. The van der Waals surface area contributed by atoms with Crippen LogP contribution in [0.5, 0.6) is 0 Å².